The molecule has 2 aliphatic rings. The summed E-state index contributed by atoms with van der Waals surface area (Å²) >= 11 is 0. The number of alkyl halides is 1. The average Bonchev–Trinajstić information content (AvgIpc) is 3.67. The maximum Gasteiger partial charge on any atom is 0.459 e. The van der Waals surface area contributed by atoms with Crippen molar-refractivity contribution in [3.8, 4) is 5.75 Å². The number of carbonyl (C=O) groups is 1. The lowest BCUT2D eigenvalue weighted by Gasteiger charge is -2.25. The zero-order valence-electron chi connectivity index (χ0n) is 24.6. The maximum atomic E-state index is 16.2. The van der Waals surface area contributed by atoms with Crippen LogP contribution in [0.25, 0.3) is 11.2 Å². The minimum Gasteiger partial charge on any atom is -0.462 e. The largest absolute Gasteiger partial charge is 0.462 e. The van der Waals surface area contributed by atoms with Crippen molar-refractivity contribution in [2.24, 2.45) is 0 Å². The van der Waals surface area contributed by atoms with E-state index in [0.717, 1.165) is 12.8 Å². The van der Waals surface area contributed by atoms with Crippen molar-refractivity contribution in [3.05, 3.63) is 36.7 Å². The van der Waals surface area contributed by atoms with Crippen LogP contribution in [0.3, 0.4) is 0 Å². The molecule has 0 spiro atoms. The number of imidazole rings is 1. The lowest BCUT2D eigenvalue weighted by Crippen LogP contribution is -2.41. The molecule has 5 rings (SSSR count). The number of aliphatic hydroxyl groups excluding tert-OH is 1. The third-order valence-corrected chi connectivity index (χ3v) is 8.90. The first kappa shape index (κ1) is 31.1. The number of halogens is 1. The molecule has 0 unspecified atom stereocenters. The van der Waals surface area contributed by atoms with Crippen LogP contribution in [-0.4, -0.2) is 80.3 Å². The van der Waals surface area contributed by atoms with Gasteiger partial charge in [0.2, 0.25) is 5.95 Å². The molecule has 43 heavy (non-hydrogen) atoms. The molecular formula is C27H37FN7O7P. The van der Waals surface area contributed by atoms with Crippen molar-refractivity contribution in [1.82, 2.24) is 24.6 Å². The predicted molar refractivity (Wildman–Crippen MR) is 155 cm³/mol. The third-order valence-electron chi connectivity index (χ3n) is 7.25. The quantitative estimate of drug-likeness (QED) is 0.199. The van der Waals surface area contributed by atoms with Crippen molar-refractivity contribution in [1.29, 1.82) is 0 Å². The molecule has 4 N–H and O–H groups in total. The Morgan fingerprint density at radius 1 is 1.30 bits per heavy atom. The van der Waals surface area contributed by atoms with Gasteiger partial charge in [-0.2, -0.15) is 15.1 Å². The smallest absolute Gasteiger partial charge is 0.459 e. The van der Waals surface area contributed by atoms with Gasteiger partial charge in [-0.25, -0.2) is 13.9 Å². The number of carbonyl (C=O) groups excluding carboxylic acids is 1. The number of benzene rings is 1. The van der Waals surface area contributed by atoms with Crippen LogP contribution in [0.5, 0.6) is 5.75 Å². The first-order chi connectivity index (χ1) is 20.3. The molecule has 16 heteroatoms. The standard InChI is InChI=1S/C27H37FN7O7P/c1-15(2)40-24(37)16(3)33-43(38,42-18-9-7-6-8-10-18)39-13-19-21(36)27(4,28)25(41-19)35-14-30-20-22(34(5)17-11-12-17)31-26(29)32-23(20)35/h6-10,14-17,19,21,25,36H,11-13H2,1-5H3,(H,33,38)(H2,29,31,32)/t16-,19+,21+,25+,27+,43-/m0/s1. The second kappa shape index (κ2) is 12.0. The Kier molecular flexibility index (Phi) is 8.65. The molecule has 1 aromatic carbocycles. The molecular weight excluding hydrogens is 584 g/mol. The maximum absolute atomic E-state index is 16.2. The summed E-state index contributed by atoms with van der Waals surface area (Å²) in [6, 6.07) is 7.39. The number of nitrogen functional groups attached to an aromatic ring is 1. The fourth-order valence-electron chi connectivity index (χ4n) is 4.83. The van der Waals surface area contributed by atoms with Crippen LogP contribution in [0.4, 0.5) is 16.2 Å². The normalized spacial score (nSPS) is 25.9. The molecule has 3 heterocycles. The summed E-state index contributed by atoms with van der Waals surface area (Å²) in [5.41, 5.74) is 4.29. The van der Waals surface area contributed by atoms with E-state index in [-0.39, 0.29) is 17.3 Å². The second-order valence-electron chi connectivity index (χ2n) is 11.2. The van der Waals surface area contributed by atoms with Crippen LogP contribution < -0.4 is 20.2 Å². The molecule has 1 aliphatic carbocycles. The Labute approximate surface area is 248 Å². The number of esters is 1. The number of fused-ring (bicyclic) bond motifs is 1. The number of aromatic nitrogens is 4. The Hall–Kier alpha value is -3.36. The Morgan fingerprint density at radius 3 is 2.65 bits per heavy atom. The SMILES string of the molecule is CC(C)OC(=O)[C@H](C)N[P@](=O)(OC[C@H]1O[C@@H](n2cnc3c(N(C)C4CC4)nc(N)nc32)[C@](C)(F)[C@@H]1O)Oc1ccccc1. The van der Waals surface area contributed by atoms with Gasteiger partial charge in [0, 0.05) is 13.1 Å². The molecule has 1 saturated carbocycles. The summed E-state index contributed by atoms with van der Waals surface area (Å²) in [7, 11) is -2.41. The van der Waals surface area contributed by atoms with E-state index in [1.165, 1.54) is 24.7 Å². The number of rotatable bonds is 12. The van der Waals surface area contributed by atoms with E-state index in [2.05, 4.69) is 20.0 Å². The van der Waals surface area contributed by atoms with E-state index < -0.39 is 56.6 Å². The predicted octanol–water partition coefficient (Wildman–Crippen LogP) is 3.13. The molecule has 234 valence electrons. The van der Waals surface area contributed by atoms with Crippen LogP contribution in [0.1, 0.15) is 46.8 Å². The van der Waals surface area contributed by atoms with E-state index >= 15 is 4.39 Å². The van der Waals surface area contributed by atoms with Crippen LogP contribution in [0, 0.1) is 0 Å². The van der Waals surface area contributed by atoms with Gasteiger partial charge in [0.15, 0.2) is 28.9 Å². The highest BCUT2D eigenvalue weighted by Gasteiger charge is 2.56. The third kappa shape index (κ3) is 6.60. The number of anilines is 2. The highest BCUT2D eigenvalue weighted by molar-refractivity contribution is 7.52. The molecule has 6 atom stereocenters. The number of nitrogens with zero attached hydrogens (tertiary/aromatic N) is 5. The summed E-state index contributed by atoms with van der Waals surface area (Å²) in [5.74, 6) is 0.00539. The number of nitrogens with two attached hydrogens (primary N) is 1. The molecule has 2 aromatic heterocycles. The van der Waals surface area contributed by atoms with E-state index in [1.807, 2.05) is 11.9 Å². The first-order valence-corrected chi connectivity index (χ1v) is 15.6. The van der Waals surface area contributed by atoms with Crippen molar-refractivity contribution >= 4 is 36.6 Å². The lowest BCUT2D eigenvalue weighted by atomic mass is 9.98. The fraction of sp³-hybridized carbons (Fsp3) is 0.556. The number of ether oxygens (including phenoxy) is 2. The fourth-order valence-corrected chi connectivity index (χ4v) is 6.33. The summed E-state index contributed by atoms with van der Waals surface area (Å²) < 4.78 is 53.8. The lowest BCUT2D eigenvalue weighted by molar-refractivity contribution is -0.149. The van der Waals surface area contributed by atoms with Crippen molar-refractivity contribution in [2.75, 3.05) is 24.3 Å². The van der Waals surface area contributed by atoms with Crippen LogP contribution >= 0.6 is 7.75 Å². The van der Waals surface area contributed by atoms with Crippen LogP contribution in [0.2, 0.25) is 0 Å². The van der Waals surface area contributed by atoms with E-state index in [1.54, 1.807) is 44.2 Å². The summed E-state index contributed by atoms with van der Waals surface area (Å²) in [6.07, 6.45) is -1.43. The first-order valence-electron chi connectivity index (χ1n) is 14.0. The Morgan fingerprint density at radius 2 is 2.00 bits per heavy atom. The molecule has 1 aliphatic heterocycles. The molecule has 1 saturated heterocycles. The van der Waals surface area contributed by atoms with Gasteiger partial charge in [0.1, 0.15) is 24.0 Å². The molecule has 0 radical (unpaired) electrons. The van der Waals surface area contributed by atoms with Gasteiger partial charge in [-0.05, 0) is 52.7 Å². The average molecular weight is 622 g/mol. The van der Waals surface area contributed by atoms with Crippen molar-refractivity contribution < 1.29 is 37.4 Å². The minimum absolute atomic E-state index is 0.0223. The van der Waals surface area contributed by atoms with Gasteiger partial charge >= 0.3 is 13.7 Å². The molecule has 0 amide bonds. The van der Waals surface area contributed by atoms with Gasteiger partial charge in [-0.1, -0.05) is 18.2 Å². The van der Waals surface area contributed by atoms with Gasteiger partial charge in [-0.15, -0.1) is 0 Å². The zero-order valence-corrected chi connectivity index (χ0v) is 25.5. The number of hydrogen-bond acceptors (Lipinski definition) is 12. The van der Waals surface area contributed by atoms with E-state index in [4.69, 9.17) is 24.3 Å². The minimum atomic E-state index is -4.29. The molecule has 3 aromatic rings. The van der Waals surface area contributed by atoms with Gasteiger partial charge in [0.25, 0.3) is 0 Å². The second-order valence-corrected chi connectivity index (χ2v) is 12.9. The van der Waals surface area contributed by atoms with Gasteiger partial charge in [0.05, 0.1) is 19.0 Å². The summed E-state index contributed by atoms with van der Waals surface area (Å²) in [5, 5.41) is 13.5. The van der Waals surface area contributed by atoms with E-state index in [0.29, 0.717) is 17.4 Å². The van der Waals surface area contributed by atoms with E-state index in [9.17, 15) is 14.5 Å². The van der Waals surface area contributed by atoms with Crippen molar-refractivity contribution in [2.45, 2.75) is 82.8 Å². The number of hydrogen-bond donors (Lipinski definition) is 3. The van der Waals surface area contributed by atoms with Crippen molar-refractivity contribution in [3.63, 3.8) is 0 Å². The van der Waals surface area contributed by atoms with Crippen LogP contribution in [-0.2, 0) is 23.4 Å². The number of aliphatic hydroxyl groups is 1. The summed E-state index contributed by atoms with van der Waals surface area (Å²) in [4.78, 5) is 27.4. The number of nitrogens with one attached hydrogen (secondary N) is 1. The van der Waals surface area contributed by atoms with Crippen LogP contribution in [0.15, 0.2) is 36.7 Å². The Balaban J connectivity index is 1.37. The Bertz CT molecular complexity index is 1500. The molecule has 2 fully saturated rings. The summed E-state index contributed by atoms with van der Waals surface area (Å²) in [6.45, 7) is 5.43. The number of para-hydroxylation sites is 1. The van der Waals surface area contributed by atoms with Gasteiger partial charge in [-0.3, -0.25) is 13.9 Å². The molecule has 14 nitrogen and oxygen atoms in total. The highest BCUT2D eigenvalue weighted by atomic mass is 31.2. The zero-order chi connectivity index (χ0) is 31.1. The topological polar surface area (TPSA) is 176 Å². The highest BCUT2D eigenvalue weighted by Crippen LogP contribution is 2.48. The molecule has 0 bridgehead atoms. The monoisotopic (exact) mass is 621 g/mol. The van der Waals surface area contributed by atoms with Gasteiger partial charge < -0.3 is 29.7 Å².